The highest BCUT2D eigenvalue weighted by Gasteiger charge is 2.19. The third-order valence-corrected chi connectivity index (χ3v) is 5.89. The first-order valence-electron chi connectivity index (χ1n) is 8.21. The number of pyridine rings is 1. The summed E-state index contributed by atoms with van der Waals surface area (Å²) in [6.07, 6.45) is 7.18. The van der Waals surface area contributed by atoms with E-state index in [1.54, 1.807) is 36.5 Å². The summed E-state index contributed by atoms with van der Waals surface area (Å²) < 4.78 is 27.8. The summed E-state index contributed by atoms with van der Waals surface area (Å²) in [4.78, 5) is 7.75. The van der Waals surface area contributed by atoms with Crippen molar-refractivity contribution in [3.8, 4) is 0 Å². The summed E-state index contributed by atoms with van der Waals surface area (Å²) in [5.74, 6) is 0.325. The number of fused-ring (bicyclic) bond motifs is 3. The Hall–Kier alpha value is -2.34. The van der Waals surface area contributed by atoms with E-state index in [0.717, 1.165) is 30.2 Å². The lowest BCUT2D eigenvalue weighted by molar-refractivity contribution is 0.601. The molecule has 0 bridgehead atoms. The van der Waals surface area contributed by atoms with E-state index in [1.165, 1.54) is 24.1 Å². The van der Waals surface area contributed by atoms with Crippen molar-refractivity contribution in [3.05, 3.63) is 53.9 Å². The van der Waals surface area contributed by atoms with Crippen molar-refractivity contribution in [1.82, 2.24) is 9.97 Å². The lowest BCUT2D eigenvalue weighted by Gasteiger charge is -2.07. The second kappa shape index (κ2) is 5.94. The van der Waals surface area contributed by atoms with Crippen LogP contribution >= 0.6 is 0 Å². The van der Waals surface area contributed by atoms with Gasteiger partial charge in [-0.3, -0.25) is 4.72 Å². The summed E-state index contributed by atoms with van der Waals surface area (Å²) >= 11 is 0. The number of sulfonamides is 1. The van der Waals surface area contributed by atoms with Crippen LogP contribution in [0.25, 0.3) is 10.9 Å². The molecule has 124 valence electrons. The topological polar surface area (TPSA) is 74.8 Å². The van der Waals surface area contributed by atoms with E-state index in [9.17, 15) is 8.42 Å². The minimum atomic E-state index is -3.64. The van der Waals surface area contributed by atoms with Crippen molar-refractivity contribution < 1.29 is 8.42 Å². The molecule has 24 heavy (non-hydrogen) atoms. The Balaban J connectivity index is 1.75. The van der Waals surface area contributed by atoms with Crippen LogP contribution in [0.4, 0.5) is 5.82 Å². The first kappa shape index (κ1) is 15.2. The van der Waals surface area contributed by atoms with Crippen molar-refractivity contribution in [2.45, 2.75) is 37.0 Å². The van der Waals surface area contributed by atoms with Gasteiger partial charge in [-0.1, -0.05) is 12.5 Å². The van der Waals surface area contributed by atoms with Crippen molar-refractivity contribution in [2.75, 3.05) is 4.72 Å². The van der Waals surface area contributed by atoms with Crippen LogP contribution in [0.5, 0.6) is 0 Å². The Bertz CT molecular complexity index is 978. The number of benzene rings is 1. The lowest BCUT2D eigenvalue weighted by Crippen LogP contribution is -2.13. The number of aryl methyl sites for hydroxylation is 2. The van der Waals surface area contributed by atoms with Crippen LogP contribution in [-0.4, -0.2) is 18.4 Å². The highest BCUT2D eigenvalue weighted by Crippen LogP contribution is 2.30. The molecule has 0 radical (unpaired) electrons. The summed E-state index contributed by atoms with van der Waals surface area (Å²) in [5.41, 5.74) is 3.55. The van der Waals surface area contributed by atoms with Gasteiger partial charge in [0.15, 0.2) is 0 Å². The molecular weight excluding hydrogens is 322 g/mol. The number of aromatic amines is 1. The number of nitrogens with zero attached hydrogens (tertiary/aromatic N) is 1. The van der Waals surface area contributed by atoms with Gasteiger partial charge in [0.25, 0.3) is 10.0 Å². The maximum absolute atomic E-state index is 12.6. The van der Waals surface area contributed by atoms with Gasteiger partial charge >= 0.3 is 0 Å². The molecule has 0 spiro atoms. The van der Waals surface area contributed by atoms with Gasteiger partial charge in [0.1, 0.15) is 5.82 Å². The fraction of sp³-hybridized carbons (Fsp3) is 0.278. The van der Waals surface area contributed by atoms with E-state index in [4.69, 9.17) is 0 Å². The average Bonchev–Trinajstić information content (AvgIpc) is 2.75. The quantitative estimate of drug-likeness (QED) is 0.714. The van der Waals surface area contributed by atoms with E-state index >= 15 is 0 Å². The summed E-state index contributed by atoms with van der Waals surface area (Å²) in [5, 5.41) is 1.02. The molecule has 1 aliphatic rings. The molecule has 2 heterocycles. The summed E-state index contributed by atoms with van der Waals surface area (Å²) in [6, 6.07) is 10.4. The molecule has 4 rings (SSSR count). The van der Waals surface area contributed by atoms with Crippen molar-refractivity contribution >= 4 is 26.7 Å². The highest BCUT2D eigenvalue weighted by molar-refractivity contribution is 7.92. The molecule has 2 aromatic heterocycles. The first-order chi connectivity index (χ1) is 11.6. The van der Waals surface area contributed by atoms with Crippen LogP contribution in [0.2, 0.25) is 0 Å². The van der Waals surface area contributed by atoms with E-state index < -0.39 is 10.0 Å². The predicted molar refractivity (Wildman–Crippen MR) is 94.6 cm³/mol. The van der Waals surface area contributed by atoms with Crippen LogP contribution in [0, 0.1) is 0 Å². The number of H-pyrrole nitrogens is 1. The van der Waals surface area contributed by atoms with Crippen molar-refractivity contribution in [1.29, 1.82) is 0 Å². The van der Waals surface area contributed by atoms with Gasteiger partial charge in [0.05, 0.1) is 4.90 Å². The molecule has 0 saturated heterocycles. The van der Waals surface area contributed by atoms with E-state index in [1.807, 2.05) is 6.07 Å². The van der Waals surface area contributed by atoms with Crippen molar-refractivity contribution in [3.63, 3.8) is 0 Å². The second-order valence-corrected chi connectivity index (χ2v) is 7.85. The third kappa shape index (κ3) is 2.78. The van der Waals surface area contributed by atoms with Crippen LogP contribution in [0.3, 0.4) is 0 Å². The van der Waals surface area contributed by atoms with Gasteiger partial charge in [0, 0.05) is 22.8 Å². The first-order valence-corrected chi connectivity index (χ1v) is 9.69. The number of hydrogen-bond acceptors (Lipinski definition) is 3. The van der Waals surface area contributed by atoms with Gasteiger partial charge in [-0.15, -0.1) is 0 Å². The Morgan fingerprint density at radius 2 is 1.92 bits per heavy atom. The smallest absolute Gasteiger partial charge is 0.263 e. The van der Waals surface area contributed by atoms with Crippen molar-refractivity contribution in [2.24, 2.45) is 0 Å². The Morgan fingerprint density at radius 3 is 2.75 bits per heavy atom. The molecule has 0 amide bonds. The minimum Gasteiger partial charge on any atom is -0.358 e. The van der Waals surface area contributed by atoms with E-state index in [2.05, 4.69) is 14.7 Å². The summed E-state index contributed by atoms with van der Waals surface area (Å²) in [6.45, 7) is 0. The van der Waals surface area contributed by atoms with Crippen LogP contribution in [0.1, 0.15) is 30.5 Å². The Labute approximate surface area is 141 Å². The van der Waals surface area contributed by atoms with Gasteiger partial charge in [-0.05, 0) is 61.6 Å². The molecule has 2 N–H and O–H groups in total. The SMILES string of the molecule is O=S(=O)(Nc1ccccn1)c1ccc2[nH]c3c(c2c1)CCCCC3. The van der Waals surface area contributed by atoms with Gasteiger partial charge < -0.3 is 4.98 Å². The molecule has 1 aliphatic carbocycles. The van der Waals surface area contributed by atoms with Crippen LogP contribution in [0.15, 0.2) is 47.5 Å². The van der Waals surface area contributed by atoms with Gasteiger partial charge in [-0.25, -0.2) is 13.4 Å². The van der Waals surface area contributed by atoms with E-state index in [-0.39, 0.29) is 4.90 Å². The monoisotopic (exact) mass is 341 g/mol. The maximum atomic E-state index is 12.6. The maximum Gasteiger partial charge on any atom is 0.263 e. The number of aromatic nitrogens is 2. The molecule has 0 saturated carbocycles. The minimum absolute atomic E-state index is 0.270. The lowest BCUT2D eigenvalue weighted by atomic mass is 10.1. The zero-order valence-corrected chi connectivity index (χ0v) is 14.1. The predicted octanol–water partition coefficient (Wildman–Crippen LogP) is 3.63. The zero-order chi connectivity index (χ0) is 16.6. The molecule has 0 aliphatic heterocycles. The molecular formula is C18H19N3O2S. The molecule has 0 atom stereocenters. The van der Waals surface area contributed by atoms with Gasteiger partial charge in [0.2, 0.25) is 0 Å². The average molecular weight is 341 g/mol. The fourth-order valence-corrected chi connectivity index (χ4v) is 4.38. The number of nitrogens with one attached hydrogen (secondary N) is 2. The van der Waals surface area contributed by atoms with Crippen LogP contribution < -0.4 is 4.72 Å². The second-order valence-electron chi connectivity index (χ2n) is 6.17. The highest BCUT2D eigenvalue weighted by atomic mass is 32.2. The van der Waals surface area contributed by atoms with E-state index in [0.29, 0.717) is 5.82 Å². The Kier molecular flexibility index (Phi) is 3.76. The largest absolute Gasteiger partial charge is 0.358 e. The number of rotatable bonds is 3. The van der Waals surface area contributed by atoms with Crippen LogP contribution in [-0.2, 0) is 22.9 Å². The number of anilines is 1. The molecule has 1 aromatic carbocycles. The molecule has 0 unspecified atom stereocenters. The molecule has 3 aromatic rings. The van der Waals surface area contributed by atoms with Gasteiger partial charge in [-0.2, -0.15) is 0 Å². The summed E-state index contributed by atoms with van der Waals surface area (Å²) in [7, 11) is -3.64. The zero-order valence-electron chi connectivity index (χ0n) is 13.2. The fourth-order valence-electron chi connectivity index (χ4n) is 3.35. The third-order valence-electron chi connectivity index (χ3n) is 4.53. The Morgan fingerprint density at radius 1 is 1.04 bits per heavy atom. The number of hydrogen-bond donors (Lipinski definition) is 2. The normalized spacial score (nSPS) is 15.0. The standard InChI is InChI=1S/C18H19N3O2S/c22-24(23,21-18-8-4-5-11-19-18)13-9-10-17-15(12-13)14-6-2-1-3-7-16(14)20-17/h4-5,8-12,20H,1-3,6-7H2,(H,19,21). The molecule has 6 heteroatoms. The molecule has 0 fully saturated rings. The molecule has 5 nitrogen and oxygen atoms in total.